The molecule has 0 saturated carbocycles. The minimum absolute atomic E-state index is 0.152. The van der Waals surface area contributed by atoms with Gasteiger partial charge in [-0.25, -0.2) is 0 Å². The molecule has 0 aliphatic carbocycles. The van der Waals surface area contributed by atoms with Crippen molar-refractivity contribution >= 4 is 29.0 Å². The standard InChI is InChI=1S/C22H23NO4S/c1-14(2)18-9-4-15(3)12-19(18)27-11-10-23-21(25)20(28-22(23)26)13-16-5-7-17(24)8-6-16/h4-9,12-14,24H,10-11H2,1-3H3/b20-13-. The lowest BCUT2D eigenvalue weighted by atomic mass is 10.0. The molecule has 1 aliphatic rings. The van der Waals surface area contributed by atoms with E-state index in [1.54, 1.807) is 18.2 Å². The molecule has 28 heavy (non-hydrogen) atoms. The third-order valence-corrected chi connectivity index (χ3v) is 5.34. The maximum Gasteiger partial charge on any atom is 0.293 e. The number of thioether (sulfide) groups is 1. The van der Waals surface area contributed by atoms with Gasteiger partial charge in [0.25, 0.3) is 11.1 Å². The van der Waals surface area contributed by atoms with E-state index in [4.69, 9.17) is 4.74 Å². The van der Waals surface area contributed by atoms with Crippen molar-refractivity contribution in [2.75, 3.05) is 13.2 Å². The van der Waals surface area contributed by atoms with E-state index >= 15 is 0 Å². The van der Waals surface area contributed by atoms with E-state index in [0.29, 0.717) is 10.8 Å². The second-order valence-electron chi connectivity index (χ2n) is 6.97. The Bertz CT molecular complexity index is 919. The lowest BCUT2D eigenvalue weighted by Crippen LogP contribution is -2.32. The number of amides is 2. The molecule has 3 rings (SSSR count). The normalized spacial score (nSPS) is 15.7. The predicted molar refractivity (Wildman–Crippen MR) is 112 cm³/mol. The summed E-state index contributed by atoms with van der Waals surface area (Å²) < 4.78 is 5.90. The number of carbonyl (C=O) groups is 2. The minimum atomic E-state index is -0.319. The molecule has 1 fully saturated rings. The fourth-order valence-corrected chi connectivity index (χ4v) is 3.77. The first-order chi connectivity index (χ1) is 13.3. The molecule has 146 valence electrons. The molecule has 0 bridgehead atoms. The van der Waals surface area contributed by atoms with E-state index < -0.39 is 0 Å². The number of imide groups is 1. The Labute approximate surface area is 169 Å². The molecular weight excluding hydrogens is 374 g/mol. The molecule has 2 amide bonds. The van der Waals surface area contributed by atoms with Crippen molar-refractivity contribution in [3.8, 4) is 11.5 Å². The summed E-state index contributed by atoms with van der Waals surface area (Å²) in [6.07, 6.45) is 1.66. The number of hydrogen-bond acceptors (Lipinski definition) is 5. The number of aryl methyl sites for hydroxylation is 1. The SMILES string of the molecule is Cc1ccc(C(C)C)c(OCCN2C(=O)S/C(=C\c3ccc(O)cc3)C2=O)c1. The van der Waals surface area contributed by atoms with Crippen LogP contribution in [0.3, 0.4) is 0 Å². The Morgan fingerprint density at radius 3 is 2.54 bits per heavy atom. The van der Waals surface area contributed by atoms with Crippen molar-refractivity contribution in [2.24, 2.45) is 0 Å². The van der Waals surface area contributed by atoms with Gasteiger partial charge in [-0.05, 0) is 65.6 Å². The first-order valence-corrected chi connectivity index (χ1v) is 9.94. The summed E-state index contributed by atoms with van der Waals surface area (Å²) >= 11 is 0.918. The first-order valence-electron chi connectivity index (χ1n) is 9.13. The van der Waals surface area contributed by atoms with Gasteiger partial charge in [-0.1, -0.05) is 38.1 Å². The lowest BCUT2D eigenvalue weighted by molar-refractivity contribution is -0.123. The summed E-state index contributed by atoms with van der Waals surface area (Å²) in [5, 5.41) is 9.05. The van der Waals surface area contributed by atoms with Gasteiger partial charge in [-0.3, -0.25) is 14.5 Å². The van der Waals surface area contributed by atoms with Crippen molar-refractivity contribution in [1.29, 1.82) is 0 Å². The topological polar surface area (TPSA) is 66.8 Å². The summed E-state index contributed by atoms with van der Waals surface area (Å²) in [4.78, 5) is 26.4. The smallest absolute Gasteiger partial charge is 0.293 e. The van der Waals surface area contributed by atoms with Crippen molar-refractivity contribution in [2.45, 2.75) is 26.7 Å². The highest BCUT2D eigenvalue weighted by molar-refractivity contribution is 8.18. The molecule has 0 atom stereocenters. The van der Waals surface area contributed by atoms with Crippen LogP contribution in [-0.2, 0) is 4.79 Å². The maximum atomic E-state index is 12.6. The van der Waals surface area contributed by atoms with E-state index in [0.717, 1.165) is 34.2 Å². The Morgan fingerprint density at radius 2 is 1.86 bits per heavy atom. The summed E-state index contributed by atoms with van der Waals surface area (Å²) in [6, 6.07) is 12.5. The Balaban J connectivity index is 1.65. The average molecular weight is 397 g/mol. The fourth-order valence-electron chi connectivity index (χ4n) is 2.91. The van der Waals surface area contributed by atoms with E-state index in [2.05, 4.69) is 19.9 Å². The molecule has 2 aromatic rings. The molecule has 2 aromatic carbocycles. The number of aromatic hydroxyl groups is 1. The zero-order valence-electron chi connectivity index (χ0n) is 16.1. The van der Waals surface area contributed by atoms with Gasteiger partial charge in [0, 0.05) is 0 Å². The summed E-state index contributed by atoms with van der Waals surface area (Å²) in [6.45, 7) is 6.64. The molecule has 1 saturated heterocycles. The van der Waals surface area contributed by atoms with Crippen molar-refractivity contribution in [3.63, 3.8) is 0 Å². The van der Waals surface area contributed by atoms with E-state index in [9.17, 15) is 14.7 Å². The van der Waals surface area contributed by atoms with Gasteiger partial charge in [0.1, 0.15) is 18.1 Å². The number of rotatable bonds is 6. The van der Waals surface area contributed by atoms with E-state index in [1.807, 2.05) is 19.1 Å². The van der Waals surface area contributed by atoms with Gasteiger partial charge in [-0.2, -0.15) is 0 Å². The van der Waals surface area contributed by atoms with Crippen LogP contribution >= 0.6 is 11.8 Å². The minimum Gasteiger partial charge on any atom is -0.508 e. The molecule has 1 N–H and O–H groups in total. The van der Waals surface area contributed by atoms with Crippen LogP contribution in [-0.4, -0.2) is 34.3 Å². The molecule has 6 heteroatoms. The number of phenolic OH excluding ortho intramolecular Hbond substituents is 1. The van der Waals surface area contributed by atoms with Crippen LogP contribution in [0.25, 0.3) is 6.08 Å². The quantitative estimate of drug-likeness (QED) is 0.700. The van der Waals surface area contributed by atoms with Gasteiger partial charge >= 0.3 is 0 Å². The predicted octanol–water partition coefficient (Wildman–Crippen LogP) is 4.94. The van der Waals surface area contributed by atoms with Crippen LogP contribution in [0.5, 0.6) is 11.5 Å². The summed E-state index contributed by atoms with van der Waals surface area (Å²) in [7, 11) is 0. The third kappa shape index (κ3) is 4.57. The summed E-state index contributed by atoms with van der Waals surface area (Å²) in [5.41, 5.74) is 2.95. The Kier molecular flexibility index (Phi) is 6.09. The number of ether oxygens (including phenoxy) is 1. The molecule has 5 nitrogen and oxygen atoms in total. The molecular formula is C22H23NO4S. The van der Waals surface area contributed by atoms with Crippen LogP contribution in [0.2, 0.25) is 0 Å². The number of benzene rings is 2. The van der Waals surface area contributed by atoms with Crippen LogP contribution in [0.15, 0.2) is 47.4 Å². The highest BCUT2D eigenvalue weighted by Crippen LogP contribution is 2.32. The van der Waals surface area contributed by atoms with Gasteiger partial charge in [0.2, 0.25) is 0 Å². The molecule has 0 radical (unpaired) electrons. The average Bonchev–Trinajstić information content (AvgIpc) is 2.91. The molecule has 1 heterocycles. The van der Waals surface area contributed by atoms with Gasteiger partial charge in [0.05, 0.1) is 11.4 Å². The van der Waals surface area contributed by atoms with Crippen molar-refractivity contribution in [3.05, 3.63) is 64.1 Å². The second kappa shape index (κ2) is 8.52. The zero-order valence-corrected chi connectivity index (χ0v) is 17.0. The number of nitrogens with zero attached hydrogens (tertiary/aromatic N) is 1. The highest BCUT2D eigenvalue weighted by Gasteiger charge is 2.34. The Hall–Kier alpha value is -2.73. The van der Waals surface area contributed by atoms with Gasteiger partial charge < -0.3 is 9.84 Å². The highest BCUT2D eigenvalue weighted by atomic mass is 32.2. The third-order valence-electron chi connectivity index (χ3n) is 4.43. The number of phenols is 1. The van der Waals surface area contributed by atoms with Crippen LogP contribution in [0.1, 0.15) is 36.5 Å². The molecule has 0 aromatic heterocycles. The van der Waals surface area contributed by atoms with Gasteiger partial charge in [0.15, 0.2) is 0 Å². The van der Waals surface area contributed by atoms with Crippen molar-refractivity contribution < 1.29 is 19.4 Å². The lowest BCUT2D eigenvalue weighted by Gasteiger charge is -2.17. The molecule has 0 spiro atoms. The molecule has 1 aliphatic heterocycles. The van der Waals surface area contributed by atoms with Crippen molar-refractivity contribution in [1.82, 2.24) is 4.90 Å². The largest absolute Gasteiger partial charge is 0.508 e. The number of carbonyl (C=O) groups excluding carboxylic acids is 2. The second-order valence-corrected chi connectivity index (χ2v) is 7.96. The van der Waals surface area contributed by atoms with Gasteiger partial charge in [-0.15, -0.1) is 0 Å². The summed E-state index contributed by atoms with van der Waals surface area (Å²) in [5.74, 6) is 0.946. The van der Waals surface area contributed by atoms with Crippen LogP contribution < -0.4 is 4.74 Å². The fraction of sp³-hybridized carbons (Fsp3) is 0.273. The van der Waals surface area contributed by atoms with Crippen LogP contribution in [0.4, 0.5) is 4.79 Å². The number of hydrogen-bond donors (Lipinski definition) is 1. The van der Waals surface area contributed by atoms with Crippen LogP contribution in [0, 0.1) is 6.92 Å². The molecule has 0 unspecified atom stereocenters. The van der Waals surface area contributed by atoms with E-state index in [1.165, 1.54) is 17.0 Å². The van der Waals surface area contributed by atoms with E-state index in [-0.39, 0.29) is 30.0 Å². The Morgan fingerprint density at radius 1 is 1.14 bits per heavy atom. The monoisotopic (exact) mass is 397 g/mol. The first kappa shape index (κ1) is 20.0. The zero-order chi connectivity index (χ0) is 20.3. The maximum absolute atomic E-state index is 12.6.